The summed E-state index contributed by atoms with van der Waals surface area (Å²) in [4.78, 5) is 14.9. The summed E-state index contributed by atoms with van der Waals surface area (Å²) in [6, 6.07) is 14.0. The second kappa shape index (κ2) is 10.3. The fraction of sp³-hybridized carbons (Fsp3) is 0.435. The van der Waals surface area contributed by atoms with Crippen LogP contribution in [0.4, 0.5) is 5.69 Å². The van der Waals surface area contributed by atoms with Gasteiger partial charge in [-0.05, 0) is 62.2 Å². The maximum absolute atomic E-state index is 12.9. The van der Waals surface area contributed by atoms with E-state index in [1.807, 2.05) is 43.0 Å². The van der Waals surface area contributed by atoms with Crippen LogP contribution in [0.2, 0.25) is 0 Å². The molecule has 1 unspecified atom stereocenters. The van der Waals surface area contributed by atoms with Gasteiger partial charge in [0.1, 0.15) is 5.75 Å². The Morgan fingerprint density at radius 3 is 2.16 bits per heavy atom. The van der Waals surface area contributed by atoms with Crippen molar-refractivity contribution in [2.24, 2.45) is 0 Å². The molecule has 8 heteroatoms. The molecule has 168 valence electrons. The molecule has 2 aromatic rings. The molecular formula is C23H31N3O4S. The van der Waals surface area contributed by atoms with Crippen molar-refractivity contribution in [1.82, 2.24) is 9.21 Å². The third-order valence-electron chi connectivity index (χ3n) is 5.60. The Labute approximate surface area is 185 Å². The van der Waals surface area contributed by atoms with E-state index in [0.717, 1.165) is 12.1 Å². The fourth-order valence-electron chi connectivity index (χ4n) is 3.59. The van der Waals surface area contributed by atoms with Crippen LogP contribution < -0.4 is 10.1 Å². The van der Waals surface area contributed by atoms with E-state index in [1.54, 1.807) is 24.3 Å². The Morgan fingerprint density at radius 1 is 1.00 bits per heavy atom. The van der Waals surface area contributed by atoms with Crippen molar-refractivity contribution in [3.8, 4) is 5.75 Å². The lowest BCUT2D eigenvalue weighted by Crippen LogP contribution is -2.53. The van der Waals surface area contributed by atoms with Crippen molar-refractivity contribution < 1.29 is 17.9 Å². The third-order valence-corrected chi connectivity index (χ3v) is 7.52. The number of carbonyl (C=O) groups excluding carboxylic acids is 1. The second-order valence-electron chi connectivity index (χ2n) is 7.56. The van der Waals surface area contributed by atoms with Crippen LogP contribution in [0, 0.1) is 0 Å². The van der Waals surface area contributed by atoms with E-state index in [-0.39, 0.29) is 16.8 Å². The summed E-state index contributed by atoms with van der Waals surface area (Å²) < 4.78 is 32.8. The highest BCUT2D eigenvalue weighted by Gasteiger charge is 2.31. The van der Waals surface area contributed by atoms with Crippen molar-refractivity contribution >= 4 is 21.6 Å². The summed E-state index contributed by atoms with van der Waals surface area (Å²) in [5.74, 6) is 0.558. The van der Waals surface area contributed by atoms with E-state index in [9.17, 15) is 13.2 Å². The Balaban J connectivity index is 1.56. The molecule has 0 bridgehead atoms. The van der Waals surface area contributed by atoms with Crippen molar-refractivity contribution in [3.05, 3.63) is 54.1 Å². The molecule has 3 rings (SSSR count). The summed E-state index contributed by atoms with van der Waals surface area (Å²) in [5, 5.41) is 2.95. The Bertz CT molecular complexity index is 967. The van der Waals surface area contributed by atoms with Gasteiger partial charge in [-0.15, -0.1) is 0 Å². The number of sulfonamides is 1. The molecule has 1 atom stereocenters. The highest BCUT2D eigenvalue weighted by Crippen LogP contribution is 2.21. The number of rotatable bonds is 8. The SMILES string of the molecule is CCOc1ccc(S(=O)(=O)N2CCN(C(C)C(=O)Nc3ccc(CC)cc3)CC2)cc1. The van der Waals surface area contributed by atoms with Crippen molar-refractivity contribution in [2.45, 2.75) is 38.1 Å². The number of benzene rings is 2. The molecule has 1 aliphatic heterocycles. The molecule has 0 saturated carbocycles. The van der Waals surface area contributed by atoms with E-state index in [1.165, 1.54) is 9.87 Å². The molecule has 1 amide bonds. The minimum atomic E-state index is -3.57. The van der Waals surface area contributed by atoms with Crippen molar-refractivity contribution in [3.63, 3.8) is 0 Å². The number of aryl methyl sites for hydroxylation is 1. The van der Waals surface area contributed by atoms with Gasteiger partial charge in [0.15, 0.2) is 0 Å². The van der Waals surface area contributed by atoms with Gasteiger partial charge < -0.3 is 10.1 Å². The Morgan fingerprint density at radius 2 is 1.61 bits per heavy atom. The zero-order valence-corrected chi connectivity index (χ0v) is 19.2. The van der Waals surface area contributed by atoms with Gasteiger partial charge in [-0.2, -0.15) is 4.31 Å². The summed E-state index contributed by atoms with van der Waals surface area (Å²) in [6.07, 6.45) is 0.953. The average molecular weight is 446 g/mol. The number of hydrogen-bond acceptors (Lipinski definition) is 5. The van der Waals surface area contributed by atoms with Crippen LogP contribution in [-0.2, 0) is 21.2 Å². The third kappa shape index (κ3) is 5.64. The van der Waals surface area contributed by atoms with Gasteiger partial charge >= 0.3 is 0 Å². The van der Waals surface area contributed by atoms with E-state index in [2.05, 4.69) is 12.2 Å². The highest BCUT2D eigenvalue weighted by molar-refractivity contribution is 7.89. The van der Waals surface area contributed by atoms with Crippen LogP contribution in [0.25, 0.3) is 0 Å². The predicted molar refractivity (Wildman–Crippen MR) is 122 cm³/mol. The van der Waals surface area contributed by atoms with Gasteiger partial charge in [0, 0.05) is 31.9 Å². The second-order valence-corrected chi connectivity index (χ2v) is 9.50. The summed E-state index contributed by atoms with van der Waals surface area (Å²) in [6.45, 7) is 8.05. The first-order chi connectivity index (χ1) is 14.8. The number of carbonyl (C=O) groups is 1. The first kappa shape index (κ1) is 23.2. The normalized spacial score (nSPS) is 16.6. The van der Waals surface area contributed by atoms with E-state index in [0.29, 0.717) is 38.5 Å². The van der Waals surface area contributed by atoms with Crippen LogP contribution in [0.3, 0.4) is 0 Å². The molecule has 1 fully saturated rings. The first-order valence-corrected chi connectivity index (χ1v) is 12.2. The molecule has 1 N–H and O–H groups in total. The largest absolute Gasteiger partial charge is 0.494 e. The minimum absolute atomic E-state index is 0.0907. The van der Waals surface area contributed by atoms with E-state index < -0.39 is 10.0 Å². The number of hydrogen-bond donors (Lipinski definition) is 1. The average Bonchev–Trinajstić information content (AvgIpc) is 2.79. The van der Waals surface area contributed by atoms with Gasteiger partial charge in [-0.25, -0.2) is 8.42 Å². The molecule has 0 spiro atoms. The summed E-state index contributed by atoms with van der Waals surface area (Å²) >= 11 is 0. The van der Waals surface area contributed by atoms with Gasteiger partial charge in [-0.3, -0.25) is 9.69 Å². The lowest BCUT2D eigenvalue weighted by molar-refractivity contribution is -0.121. The number of amides is 1. The molecule has 0 aromatic heterocycles. The molecule has 2 aromatic carbocycles. The lowest BCUT2D eigenvalue weighted by Gasteiger charge is -2.36. The number of ether oxygens (including phenoxy) is 1. The molecular weight excluding hydrogens is 414 g/mol. The topological polar surface area (TPSA) is 79.0 Å². The standard InChI is InChI=1S/C23H31N3O4S/c1-4-19-6-8-20(9-7-19)24-23(27)18(3)25-14-16-26(17-15-25)31(28,29)22-12-10-21(11-13-22)30-5-2/h6-13,18H,4-5,14-17H2,1-3H3,(H,24,27). The van der Waals surface area contributed by atoms with E-state index in [4.69, 9.17) is 4.74 Å². The monoisotopic (exact) mass is 445 g/mol. The predicted octanol–water partition coefficient (Wildman–Crippen LogP) is 2.98. The van der Waals surface area contributed by atoms with Gasteiger partial charge in [0.2, 0.25) is 15.9 Å². The maximum atomic E-state index is 12.9. The number of piperazine rings is 1. The molecule has 0 aliphatic carbocycles. The summed E-state index contributed by atoms with van der Waals surface area (Å²) in [5.41, 5.74) is 1.99. The molecule has 7 nitrogen and oxygen atoms in total. The Hall–Kier alpha value is -2.42. The maximum Gasteiger partial charge on any atom is 0.243 e. The van der Waals surface area contributed by atoms with Crippen molar-refractivity contribution in [2.75, 3.05) is 38.1 Å². The van der Waals surface area contributed by atoms with E-state index >= 15 is 0 Å². The molecule has 1 saturated heterocycles. The molecule has 0 radical (unpaired) electrons. The number of nitrogens with zero attached hydrogens (tertiary/aromatic N) is 2. The minimum Gasteiger partial charge on any atom is -0.494 e. The number of nitrogens with one attached hydrogen (secondary N) is 1. The smallest absolute Gasteiger partial charge is 0.243 e. The zero-order chi connectivity index (χ0) is 22.4. The molecule has 1 aliphatic rings. The van der Waals surface area contributed by atoms with Gasteiger partial charge in [0.25, 0.3) is 0 Å². The lowest BCUT2D eigenvalue weighted by atomic mass is 10.1. The quantitative estimate of drug-likeness (QED) is 0.676. The zero-order valence-electron chi connectivity index (χ0n) is 18.4. The summed E-state index contributed by atoms with van der Waals surface area (Å²) in [7, 11) is -3.57. The molecule has 1 heterocycles. The molecule has 31 heavy (non-hydrogen) atoms. The first-order valence-electron chi connectivity index (χ1n) is 10.7. The van der Waals surface area contributed by atoms with Crippen LogP contribution in [0.1, 0.15) is 26.3 Å². The van der Waals surface area contributed by atoms with Crippen LogP contribution in [0.5, 0.6) is 5.75 Å². The van der Waals surface area contributed by atoms with Gasteiger partial charge in [0.05, 0.1) is 17.5 Å². The van der Waals surface area contributed by atoms with Gasteiger partial charge in [-0.1, -0.05) is 19.1 Å². The highest BCUT2D eigenvalue weighted by atomic mass is 32.2. The Kier molecular flexibility index (Phi) is 7.69. The van der Waals surface area contributed by atoms with Crippen LogP contribution in [-0.4, -0.2) is 62.4 Å². The van der Waals surface area contributed by atoms with Crippen LogP contribution >= 0.6 is 0 Å². The fourth-order valence-corrected chi connectivity index (χ4v) is 5.01. The number of anilines is 1. The van der Waals surface area contributed by atoms with Crippen molar-refractivity contribution in [1.29, 1.82) is 0 Å². The van der Waals surface area contributed by atoms with Crippen LogP contribution in [0.15, 0.2) is 53.4 Å².